The third-order valence-electron chi connectivity index (χ3n) is 5.44. The Kier molecular flexibility index (Phi) is 7.34. The van der Waals surface area contributed by atoms with E-state index < -0.39 is 55.8 Å². The third-order valence-corrected chi connectivity index (χ3v) is 11.0. The molecule has 3 saturated heterocycles. The van der Waals surface area contributed by atoms with E-state index in [9.17, 15) is 27.6 Å². The smallest absolute Gasteiger partial charge is 0.345 e. The highest BCUT2D eigenvalue weighted by Gasteiger charge is 2.72. The number of nitrogens with one attached hydrogen (secondary N) is 1. The first-order valence-electron chi connectivity index (χ1n) is 9.92. The second-order valence-electron chi connectivity index (χ2n) is 7.80. The number of nitrogens with zero attached hydrogens (tertiary/aromatic N) is 1. The van der Waals surface area contributed by atoms with E-state index >= 15 is 0 Å². The van der Waals surface area contributed by atoms with Crippen molar-refractivity contribution in [2.24, 2.45) is 0 Å². The Morgan fingerprint density at radius 3 is 2.30 bits per heavy atom. The molecule has 33 heavy (non-hydrogen) atoms. The normalized spacial score (nSPS) is 26.6. The predicted octanol–water partition coefficient (Wildman–Crippen LogP) is 0.365. The topological polar surface area (TPSA) is 136 Å². The zero-order chi connectivity index (χ0) is 24.6. The van der Waals surface area contributed by atoms with E-state index in [4.69, 9.17) is 9.47 Å². The minimum absolute atomic E-state index is 0.117. The van der Waals surface area contributed by atoms with E-state index in [2.05, 4.69) is 18.5 Å². The molecule has 3 aliphatic rings. The second-order valence-corrected chi connectivity index (χ2v) is 12.9. The van der Waals surface area contributed by atoms with Gasteiger partial charge >= 0.3 is 11.9 Å². The van der Waals surface area contributed by atoms with Crippen molar-refractivity contribution in [1.29, 1.82) is 0 Å². The van der Waals surface area contributed by atoms with Crippen LogP contribution in [0.3, 0.4) is 0 Å². The van der Waals surface area contributed by atoms with Gasteiger partial charge in [-0.05, 0) is 13.8 Å². The zero-order valence-corrected chi connectivity index (χ0v) is 20.5. The first-order valence-corrected chi connectivity index (χ1v) is 13.4. The molecule has 3 rings (SSSR count). The summed E-state index contributed by atoms with van der Waals surface area (Å²) in [5, 5.41) is 0.925. The Morgan fingerprint density at radius 1 is 1.15 bits per heavy atom. The number of amides is 2. The van der Waals surface area contributed by atoms with Crippen molar-refractivity contribution in [2.45, 2.75) is 36.1 Å². The molecular weight excluding hydrogens is 492 g/mol. The van der Waals surface area contributed by atoms with Gasteiger partial charge in [0.05, 0.1) is 4.24 Å². The molecule has 0 bridgehead atoms. The number of hydrogen-bond acceptors (Lipinski definition) is 10. The van der Waals surface area contributed by atoms with Crippen molar-refractivity contribution >= 4 is 57.1 Å². The summed E-state index contributed by atoms with van der Waals surface area (Å²) in [5.74, 6) is -2.07. The van der Waals surface area contributed by atoms with Crippen LogP contribution in [-0.2, 0) is 38.5 Å². The van der Waals surface area contributed by atoms with Gasteiger partial charge in [0.15, 0.2) is 15.2 Å². The van der Waals surface area contributed by atoms with Gasteiger partial charge in [-0.2, -0.15) is 0 Å². The molecule has 3 atom stereocenters. The maximum atomic E-state index is 13.2. The molecule has 0 aromatic carbocycles. The lowest BCUT2D eigenvalue weighted by molar-refractivity contribution is -0.163. The first-order chi connectivity index (χ1) is 15.5. The van der Waals surface area contributed by atoms with Crippen LogP contribution < -0.4 is 5.32 Å². The van der Waals surface area contributed by atoms with E-state index in [1.165, 1.54) is 49.5 Å². The van der Waals surface area contributed by atoms with Crippen LogP contribution in [0.25, 0.3) is 0 Å². The van der Waals surface area contributed by atoms with E-state index in [0.717, 1.165) is 4.90 Å². The van der Waals surface area contributed by atoms with Crippen molar-refractivity contribution in [3.63, 3.8) is 0 Å². The highest BCUT2D eigenvalue weighted by Crippen LogP contribution is 2.46. The monoisotopic (exact) mass is 516 g/mol. The Bertz CT molecular complexity index is 1040. The van der Waals surface area contributed by atoms with Crippen LogP contribution in [-0.4, -0.2) is 84.0 Å². The number of esters is 2. The van der Waals surface area contributed by atoms with Crippen LogP contribution in [0.2, 0.25) is 0 Å². The molecular formula is C20H24N2O8S3. The average molecular weight is 517 g/mol. The van der Waals surface area contributed by atoms with Crippen LogP contribution in [0.5, 0.6) is 0 Å². The molecule has 0 aromatic rings. The number of carbonyl (C=O) groups is 4. The standard InChI is InChI=1S/C20H24N2O8S3/c1-5-7-29-17(25)11(19-31-9-10-32-19)14(23)21-12-15(24)22-13(18(26)30-8-6-2)20(3,4)33(27,28)16(12)22/h5-6,12-13,16H,1-2,7-10H2,3-4H3,(H,21,23)/t12-,13?,16-/m1/s1. The van der Waals surface area contributed by atoms with E-state index in [0.29, 0.717) is 15.7 Å². The number of rotatable bonds is 8. The lowest BCUT2D eigenvalue weighted by atomic mass is 9.96. The number of carbonyl (C=O) groups excluding carboxylic acids is 4. The molecule has 0 aromatic heterocycles. The Labute approximate surface area is 200 Å². The lowest BCUT2D eigenvalue weighted by Gasteiger charge is -2.43. The Balaban J connectivity index is 1.88. The maximum Gasteiger partial charge on any atom is 0.345 e. The minimum atomic E-state index is -4.08. The molecule has 13 heteroatoms. The summed E-state index contributed by atoms with van der Waals surface area (Å²) < 4.78 is 35.2. The van der Waals surface area contributed by atoms with E-state index in [1.54, 1.807) is 0 Å². The summed E-state index contributed by atoms with van der Waals surface area (Å²) in [6.45, 7) is 9.30. The molecule has 1 N–H and O–H groups in total. The minimum Gasteiger partial charge on any atom is -0.460 e. The van der Waals surface area contributed by atoms with Gasteiger partial charge < -0.3 is 19.7 Å². The fraction of sp³-hybridized carbons (Fsp3) is 0.500. The molecule has 0 aliphatic carbocycles. The van der Waals surface area contributed by atoms with Gasteiger partial charge in [-0.1, -0.05) is 25.3 Å². The van der Waals surface area contributed by atoms with Gasteiger partial charge in [0.2, 0.25) is 5.91 Å². The first kappa shape index (κ1) is 25.4. The summed E-state index contributed by atoms with van der Waals surface area (Å²) in [6.07, 6.45) is 2.67. The fourth-order valence-corrected chi connectivity index (χ4v) is 8.51. The molecule has 1 unspecified atom stereocenters. The van der Waals surface area contributed by atoms with Crippen molar-refractivity contribution in [3.05, 3.63) is 35.1 Å². The van der Waals surface area contributed by atoms with Crippen molar-refractivity contribution < 1.29 is 37.1 Å². The summed E-state index contributed by atoms with van der Waals surface area (Å²) in [4.78, 5) is 51.9. The average Bonchev–Trinajstić information content (AvgIpc) is 3.32. The second kappa shape index (κ2) is 9.55. The molecule has 2 amide bonds. The molecule has 3 heterocycles. The summed E-state index contributed by atoms with van der Waals surface area (Å²) in [5.41, 5.74) is -0.285. The molecule has 10 nitrogen and oxygen atoms in total. The van der Waals surface area contributed by atoms with Gasteiger partial charge in [0.25, 0.3) is 5.91 Å². The summed E-state index contributed by atoms with van der Waals surface area (Å²) in [7, 11) is -4.08. The van der Waals surface area contributed by atoms with Crippen LogP contribution in [0, 0.1) is 0 Å². The molecule has 180 valence electrons. The Morgan fingerprint density at radius 2 is 1.73 bits per heavy atom. The van der Waals surface area contributed by atoms with E-state index in [-0.39, 0.29) is 18.8 Å². The highest BCUT2D eigenvalue weighted by atomic mass is 32.2. The number of β-lactam (4-membered cyclic amide) rings is 1. The largest absolute Gasteiger partial charge is 0.460 e. The number of thioether (sulfide) groups is 2. The SMILES string of the molecule is C=CCOC(=O)C(C(=O)N[C@@H]1C(=O)N2C(C(=O)OCC=C)C(C)(C)S(=O)(=O)[C@H]12)=C1SCCS1. The number of ether oxygens (including phenoxy) is 2. The van der Waals surface area contributed by atoms with Gasteiger partial charge in [-0.3, -0.25) is 9.59 Å². The van der Waals surface area contributed by atoms with Gasteiger partial charge in [0.1, 0.15) is 35.6 Å². The maximum absolute atomic E-state index is 13.2. The molecule has 3 fully saturated rings. The Hall–Kier alpha value is -2.25. The van der Waals surface area contributed by atoms with Crippen LogP contribution >= 0.6 is 23.5 Å². The molecule has 3 aliphatic heterocycles. The van der Waals surface area contributed by atoms with Crippen LogP contribution in [0.4, 0.5) is 0 Å². The predicted molar refractivity (Wildman–Crippen MR) is 124 cm³/mol. The third kappa shape index (κ3) is 4.21. The number of fused-ring (bicyclic) bond motifs is 1. The van der Waals surface area contributed by atoms with Crippen molar-refractivity contribution in [2.75, 3.05) is 24.7 Å². The quantitative estimate of drug-likeness (QED) is 0.120. The van der Waals surface area contributed by atoms with Crippen molar-refractivity contribution in [3.8, 4) is 0 Å². The van der Waals surface area contributed by atoms with Gasteiger partial charge in [-0.15, -0.1) is 23.5 Å². The van der Waals surface area contributed by atoms with Crippen molar-refractivity contribution in [1.82, 2.24) is 10.2 Å². The zero-order valence-electron chi connectivity index (χ0n) is 18.1. The summed E-state index contributed by atoms with van der Waals surface area (Å²) >= 11 is 2.59. The molecule has 0 saturated carbocycles. The molecule has 0 spiro atoms. The number of hydrogen-bond donors (Lipinski definition) is 1. The fourth-order valence-electron chi connectivity index (χ4n) is 3.79. The number of sulfone groups is 1. The van der Waals surface area contributed by atoms with Gasteiger partial charge in [-0.25, -0.2) is 18.0 Å². The lowest BCUT2D eigenvalue weighted by Crippen LogP contribution is -2.72. The van der Waals surface area contributed by atoms with Crippen LogP contribution in [0.15, 0.2) is 35.1 Å². The molecule has 0 radical (unpaired) electrons. The van der Waals surface area contributed by atoms with E-state index in [1.807, 2.05) is 0 Å². The highest BCUT2D eigenvalue weighted by molar-refractivity contribution is 8.25. The van der Waals surface area contributed by atoms with Crippen LogP contribution in [0.1, 0.15) is 13.8 Å². The van der Waals surface area contributed by atoms with Gasteiger partial charge in [0, 0.05) is 11.5 Å². The summed E-state index contributed by atoms with van der Waals surface area (Å²) in [6, 6.07) is -2.82.